The molecule has 0 bridgehead atoms. The number of hydrogen-bond donors (Lipinski definition) is 2. The van der Waals surface area contributed by atoms with Crippen molar-refractivity contribution in [2.75, 3.05) is 6.61 Å². The minimum Gasteiger partial charge on any atom is -0.494 e. The first-order chi connectivity index (χ1) is 9.39. The fourth-order valence-electron chi connectivity index (χ4n) is 1.96. The molecular weight excluding hydrogens is 254 g/mol. The largest absolute Gasteiger partial charge is 0.494 e. The number of aliphatic imine (C=N–C) groups is 1. The third kappa shape index (κ3) is 3.50. The zero-order chi connectivity index (χ0) is 14.8. The molecule has 0 radical (unpaired) electrons. The second kappa shape index (κ2) is 5.53. The summed E-state index contributed by atoms with van der Waals surface area (Å²) in [6.45, 7) is 8.62. The molecule has 0 aliphatic carbocycles. The van der Waals surface area contributed by atoms with E-state index in [0.29, 0.717) is 12.6 Å². The molecule has 20 heavy (non-hydrogen) atoms. The van der Waals surface area contributed by atoms with E-state index in [-0.39, 0.29) is 11.4 Å². The Morgan fingerprint density at radius 1 is 1.30 bits per heavy atom. The molecule has 2 rings (SSSR count). The van der Waals surface area contributed by atoms with Crippen LogP contribution in [0, 0.1) is 0 Å². The van der Waals surface area contributed by atoms with Crippen molar-refractivity contribution < 1.29 is 9.53 Å². The number of guanidine groups is 1. The van der Waals surface area contributed by atoms with Crippen molar-refractivity contribution in [1.29, 1.82) is 0 Å². The quantitative estimate of drug-likeness (QED) is 0.887. The molecule has 1 aromatic rings. The van der Waals surface area contributed by atoms with Gasteiger partial charge in [-0.1, -0.05) is 12.1 Å². The summed E-state index contributed by atoms with van der Waals surface area (Å²) in [6, 6.07) is 6.97. The molecule has 0 saturated carbocycles. The van der Waals surface area contributed by atoms with Crippen molar-refractivity contribution in [1.82, 2.24) is 10.6 Å². The van der Waals surface area contributed by atoms with Gasteiger partial charge in [-0.05, 0) is 45.4 Å². The lowest BCUT2D eigenvalue weighted by Crippen LogP contribution is -2.46. The molecule has 0 saturated heterocycles. The molecule has 1 amide bonds. The van der Waals surface area contributed by atoms with Crippen LogP contribution in [0.1, 0.15) is 39.3 Å². The summed E-state index contributed by atoms with van der Waals surface area (Å²) in [6.07, 6.45) is 0. The normalized spacial score (nSPS) is 18.5. The third-order valence-electron chi connectivity index (χ3n) is 2.75. The lowest BCUT2D eigenvalue weighted by molar-refractivity contribution is -0.120. The van der Waals surface area contributed by atoms with Crippen LogP contribution in [0.2, 0.25) is 0 Å². The van der Waals surface area contributed by atoms with E-state index in [1.54, 1.807) is 0 Å². The van der Waals surface area contributed by atoms with E-state index in [4.69, 9.17) is 4.74 Å². The Hall–Kier alpha value is -2.04. The van der Waals surface area contributed by atoms with E-state index in [1.165, 1.54) is 0 Å². The first-order valence-corrected chi connectivity index (χ1v) is 6.78. The minimum absolute atomic E-state index is 0.110. The number of benzene rings is 1. The molecule has 1 heterocycles. The van der Waals surface area contributed by atoms with E-state index in [9.17, 15) is 4.79 Å². The van der Waals surface area contributed by atoms with E-state index >= 15 is 0 Å². The van der Waals surface area contributed by atoms with E-state index in [1.807, 2.05) is 52.0 Å². The molecule has 0 aromatic heterocycles. The van der Waals surface area contributed by atoms with Crippen LogP contribution in [0.15, 0.2) is 29.3 Å². The molecule has 1 aromatic carbocycles. The van der Waals surface area contributed by atoms with E-state index in [0.717, 1.165) is 11.3 Å². The molecule has 5 nitrogen and oxygen atoms in total. The Morgan fingerprint density at radius 2 is 1.95 bits per heavy atom. The SMILES string of the molecule is CCOc1ccc(C2N=C(NC(C)(C)C)NC2=O)cc1. The molecule has 108 valence electrons. The highest BCUT2D eigenvalue weighted by atomic mass is 16.5. The molecule has 1 aliphatic rings. The van der Waals surface area contributed by atoms with Crippen LogP contribution in [0.25, 0.3) is 0 Å². The van der Waals surface area contributed by atoms with E-state index in [2.05, 4.69) is 15.6 Å². The second-order valence-corrected chi connectivity index (χ2v) is 5.75. The van der Waals surface area contributed by atoms with Crippen molar-refractivity contribution >= 4 is 11.9 Å². The smallest absolute Gasteiger partial charge is 0.256 e. The second-order valence-electron chi connectivity index (χ2n) is 5.75. The summed E-state index contributed by atoms with van der Waals surface area (Å²) in [4.78, 5) is 16.4. The van der Waals surface area contributed by atoms with Crippen LogP contribution < -0.4 is 15.4 Å². The van der Waals surface area contributed by atoms with Gasteiger partial charge in [0.2, 0.25) is 0 Å². The van der Waals surface area contributed by atoms with Gasteiger partial charge in [0.15, 0.2) is 12.0 Å². The highest BCUT2D eigenvalue weighted by molar-refractivity contribution is 6.05. The lowest BCUT2D eigenvalue weighted by atomic mass is 10.1. The number of nitrogens with one attached hydrogen (secondary N) is 2. The monoisotopic (exact) mass is 275 g/mol. The third-order valence-corrected chi connectivity index (χ3v) is 2.75. The Kier molecular flexibility index (Phi) is 3.97. The van der Waals surface area contributed by atoms with Crippen LogP contribution in [-0.2, 0) is 4.79 Å². The molecule has 5 heteroatoms. The average molecular weight is 275 g/mol. The summed E-state index contributed by atoms with van der Waals surface area (Å²) in [5.41, 5.74) is 0.719. The number of ether oxygens (including phenoxy) is 1. The maximum absolute atomic E-state index is 12.0. The highest BCUT2D eigenvalue weighted by Gasteiger charge is 2.29. The fraction of sp³-hybridized carbons (Fsp3) is 0.467. The Morgan fingerprint density at radius 3 is 2.50 bits per heavy atom. The highest BCUT2D eigenvalue weighted by Crippen LogP contribution is 2.23. The van der Waals surface area contributed by atoms with Crippen LogP contribution in [0.4, 0.5) is 0 Å². The average Bonchev–Trinajstić information content (AvgIpc) is 2.69. The van der Waals surface area contributed by atoms with E-state index < -0.39 is 6.04 Å². The maximum Gasteiger partial charge on any atom is 0.256 e. The van der Waals surface area contributed by atoms with Gasteiger partial charge in [0.1, 0.15) is 5.75 Å². The van der Waals surface area contributed by atoms with Crippen LogP contribution in [0.5, 0.6) is 5.75 Å². The van der Waals surface area contributed by atoms with Crippen molar-refractivity contribution in [3.63, 3.8) is 0 Å². The van der Waals surface area contributed by atoms with Crippen molar-refractivity contribution in [3.8, 4) is 5.75 Å². The summed E-state index contributed by atoms with van der Waals surface area (Å²) >= 11 is 0. The molecule has 1 atom stereocenters. The van der Waals surface area contributed by atoms with Gasteiger partial charge in [0.05, 0.1) is 6.61 Å². The van der Waals surface area contributed by atoms with Crippen LogP contribution >= 0.6 is 0 Å². The van der Waals surface area contributed by atoms with Crippen LogP contribution in [-0.4, -0.2) is 24.0 Å². The van der Waals surface area contributed by atoms with Gasteiger partial charge < -0.3 is 10.1 Å². The van der Waals surface area contributed by atoms with Gasteiger partial charge in [0.25, 0.3) is 5.91 Å². The molecule has 2 N–H and O–H groups in total. The standard InChI is InChI=1S/C15H21N3O2/c1-5-20-11-8-6-10(7-9-11)12-13(19)17-14(16-12)18-15(2,3)4/h6-9,12H,5H2,1-4H3,(H2,16,17,18,19). The fourth-order valence-corrected chi connectivity index (χ4v) is 1.96. The predicted molar refractivity (Wildman–Crippen MR) is 78.8 cm³/mol. The Labute approximate surface area is 119 Å². The van der Waals surface area contributed by atoms with Gasteiger partial charge >= 0.3 is 0 Å². The zero-order valence-electron chi connectivity index (χ0n) is 12.4. The number of carbonyl (C=O) groups excluding carboxylic acids is 1. The summed E-state index contributed by atoms with van der Waals surface area (Å²) in [5, 5.41) is 5.94. The number of nitrogens with zero attached hydrogens (tertiary/aromatic N) is 1. The summed E-state index contributed by atoms with van der Waals surface area (Å²) in [7, 11) is 0. The lowest BCUT2D eigenvalue weighted by Gasteiger charge is -2.21. The molecular formula is C15H21N3O2. The first kappa shape index (κ1) is 14.4. The van der Waals surface area contributed by atoms with Crippen molar-refractivity contribution in [2.24, 2.45) is 4.99 Å². The van der Waals surface area contributed by atoms with Crippen LogP contribution in [0.3, 0.4) is 0 Å². The van der Waals surface area contributed by atoms with Gasteiger partial charge in [-0.2, -0.15) is 0 Å². The topological polar surface area (TPSA) is 62.7 Å². The summed E-state index contributed by atoms with van der Waals surface area (Å²) < 4.78 is 5.39. The molecule has 1 aliphatic heterocycles. The predicted octanol–water partition coefficient (Wildman–Crippen LogP) is 2.00. The van der Waals surface area contributed by atoms with Gasteiger partial charge in [-0.3, -0.25) is 10.1 Å². The van der Waals surface area contributed by atoms with Crippen molar-refractivity contribution in [2.45, 2.75) is 39.3 Å². The number of hydrogen-bond acceptors (Lipinski definition) is 4. The molecule has 0 fully saturated rings. The number of carbonyl (C=O) groups is 1. The number of amides is 1. The maximum atomic E-state index is 12.0. The molecule has 1 unspecified atom stereocenters. The van der Waals surface area contributed by atoms with Gasteiger partial charge in [-0.25, -0.2) is 4.99 Å². The Bertz CT molecular complexity index is 515. The minimum atomic E-state index is -0.490. The molecule has 0 spiro atoms. The zero-order valence-corrected chi connectivity index (χ0v) is 12.4. The Balaban J connectivity index is 2.13. The summed E-state index contributed by atoms with van der Waals surface area (Å²) in [5.74, 6) is 1.22. The van der Waals surface area contributed by atoms with Gasteiger partial charge in [0, 0.05) is 5.54 Å². The van der Waals surface area contributed by atoms with Gasteiger partial charge in [-0.15, -0.1) is 0 Å². The number of rotatable bonds is 3. The first-order valence-electron chi connectivity index (χ1n) is 6.78. The van der Waals surface area contributed by atoms with Crippen molar-refractivity contribution in [3.05, 3.63) is 29.8 Å².